The normalized spacial score (nSPS) is 15.9. The highest BCUT2D eigenvalue weighted by atomic mass is 79.9. The number of hydrogen-bond donors (Lipinski definition) is 0. The molecular weight excluding hydrogens is 314 g/mol. The zero-order valence-electron chi connectivity index (χ0n) is 6.75. The van der Waals surface area contributed by atoms with Crippen LogP contribution in [0.3, 0.4) is 0 Å². The molecule has 0 aromatic carbocycles. The number of carbonyl (C=O) groups is 2. The average molecular weight is 317 g/mol. The fourth-order valence-electron chi connectivity index (χ4n) is 1.21. The molecular formula is C9H3Br2NO2. The van der Waals surface area contributed by atoms with Crippen LogP contribution in [0.25, 0.3) is 0 Å². The van der Waals surface area contributed by atoms with Gasteiger partial charge in [-0.05, 0) is 37.9 Å². The molecule has 1 aliphatic rings. The van der Waals surface area contributed by atoms with Crippen LogP contribution in [0.15, 0.2) is 27.4 Å². The van der Waals surface area contributed by atoms with Crippen LogP contribution in [0.2, 0.25) is 0 Å². The zero-order chi connectivity index (χ0) is 10.3. The third-order valence-electron chi connectivity index (χ3n) is 1.90. The molecule has 0 aliphatic heterocycles. The molecule has 14 heavy (non-hydrogen) atoms. The van der Waals surface area contributed by atoms with E-state index in [1.807, 2.05) is 0 Å². The van der Waals surface area contributed by atoms with Gasteiger partial charge in [0.1, 0.15) is 0 Å². The number of ketones is 2. The third kappa shape index (κ3) is 1.27. The third-order valence-corrected chi connectivity index (χ3v) is 3.95. The number of aromatic nitrogens is 1. The summed E-state index contributed by atoms with van der Waals surface area (Å²) in [6, 6.07) is 1.54. The summed E-state index contributed by atoms with van der Waals surface area (Å²) in [6.07, 6.45) is 2.89. The average Bonchev–Trinajstić information content (AvgIpc) is 2.23. The Morgan fingerprint density at radius 3 is 2.21 bits per heavy atom. The van der Waals surface area contributed by atoms with E-state index in [9.17, 15) is 9.59 Å². The smallest absolute Gasteiger partial charge is 0.203 e. The topological polar surface area (TPSA) is 47.0 Å². The van der Waals surface area contributed by atoms with Crippen molar-refractivity contribution >= 4 is 43.4 Å². The van der Waals surface area contributed by atoms with Crippen LogP contribution in [0, 0.1) is 0 Å². The first-order chi connectivity index (χ1) is 6.63. The summed E-state index contributed by atoms with van der Waals surface area (Å²) in [5, 5.41) is 0. The number of hydrogen-bond acceptors (Lipinski definition) is 3. The Hall–Kier alpha value is -0.810. The molecule has 70 valence electrons. The van der Waals surface area contributed by atoms with E-state index in [1.54, 1.807) is 0 Å². The van der Waals surface area contributed by atoms with Gasteiger partial charge < -0.3 is 0 Å². The van der Waals surface area contributed by atoms with Gasteiger partial charge in [-0.25, -0.2) is 0 Å². The lowest BCUT2D eigenvalue weighted by atomic mass is 9.97. The van der Waals surface area contributed by atoms with Gasteiger partial charge in [-0.2, -0.15) is 0 Å². The molecule has 0 amide bonds. The van der Waals surface area contributed by atoms with Crippen molar-refractivity contribution in [3.63, 3.8) is 0 Å². The minimum Gasteiger partial charge on any atom is -0.288 e. The number of nitrogens with zero attached hydrogens (tertiary/aromatic N) is 1. The van der Waals surface area contributed by atoms with Crippen LogP contribution >= 0.6 is 31.9 Å². The molecule has 1 aromatic rings. The lowest BCUT2D eigenvalue weighted by Crippen LogP contribution is -2.17. The fourth-order valence-corrected chi connectivity index (χ4v) is 2.00. The highest BCUT2D eigenvalue weighted by molar-refractivity contribution is 9.14. The Labute approximate surface area is 96.5 Å². The van der Waals surface area contributed by atoms with Crippen molar-refractivity contribution < 1.29 is 9.59 Å². The Kier molecular flexibility index (Phi) is 2.36. The van der Waals surface area contributed by atoms with Crippen LogP contribution in [0.1, 0.15) is 20.7 Å². The number of allylic oxidation sites excluding steroid dienone is 2. The van der Waals surface area contributed by atoms with E-state index >= 15 is 0 Å². The lowest BCUT2D eigenvalue weighted by molar-refractivity contribution is 0.0989. The van der Waals surface area contributed by atoms with Gasteiger partial charge in [-0.15, -0.1) is 0 Å². The summed E-state index contributed by atoms with van der Waals surface area (Å²) in [5.41, 5.74) is 0.729. The Morgan fingerprint density at radius 2 is 1.57 bits per heavy atom. The van der Waals surface area contributed by atoms with Crippen molar-refractivity contribution in [3.8, 4) is 0 Å². The number of Topliss-reactive ketones (excluding diaryl/α,β-unsaturated/α-hetero) is 2. The molecule has 0 unspecified atom stereocenters. The highest BCUT2D eigenvalue weighted by Gasteiger charge is 2.29. The molecule has 0 atom stereocenters. The second kappa shape index (κ2) is 3.40. The van der Waals surface area contributed by atoms with Gasteiger partial charge in [0.2, 0.25) is 11.6 Å². The van der Waals surface area contributed by atoms with E-state index < -0.39 is 0 Å². The first kappa shape index (κ1) is 9.73. The predicted molar refractivity (Wildman–Crippen MR) is 57.8 cm³/mol. The van der Waals surface area contributed by atoms with Crippen LogP contribution in [0.4, 0.5) is 0 Å². The molecule has 0 N–H and O–H groups in total. The van der Waals surface area contributed by atoms with Gasteiger partial charge in [0, 0.05) is 18.0 Å². The van der Waals surface area contributed by atoms with Crippen LogP contribution in [0.5, 0.6) is 0 Å². The largest absolute Gasteiger partial charge is 0.288 e. The van der Waals surface area contributed by atoms with E-state index in [-0.39, 0.29) is 20.5 Å². The SMILES string of the molecule is O=C1C(Br)=C(Br)C(=O)c2cnccc21. The molecule has 5 heteroatoms. The summed E-state index contributed by atoms with van der Waals surface area (Å²) in [4.78, 5) is 27.1. The highest BCUT2D eigenvalue weighted by Crippen LogP contribution is 2.31. The summed E-state index contributed by atoms with van der Waals surface area (Å²) in [7, 11) is 0. The van der Waals surface area contributed by atoms with Crippen LogP contribution < -0.4 is 0 Å². The lowest BCUT2D eigenvalue weighted by Gasteiger charge is -2.12. The van der Waals surface area contributed by atoms with E-state index in [2.05, 4.69) is 36.8 Å². The molecule has 0 radical (unpaired) electrons. The van der Waals surface area contributed by atoms with E-state index in [4.69, 9.17) is 0 Å². The molecule has 2 rings (SSSR count). The number of rotatable bonds is 0. The fraction of sp³-hybridized carbons (Fsp3) is 0. The first-order valence-corrected chi connectivity index (χ1v) is 5.30. The Morgan fingerprint density at radius 1 is 1.00 bits per heavy atom. The predicted octanol–water partition coefficient (Wildman–Crippen LogP) is 2.46. The minimum atomic E-state index is -0.223. The summed E-state index contributed by atoms with van der Waals surface area (Å²) in [5.74, 6) is -0.423. The number of halogens is 2. The molecule has 0 fully saturated rings. The van der Waals surface area contributed by atoms with Gasteiger partial charge in [0.15, 0.2) is 0 Å². The summed E-state index contributed by atoms with van der Waals surface area (Å²) >= 11 is 6.14. The van der Waals surface area contributed by atoms with Crippen molar-refractivity contribution in [2.45, 2.75) is 0 Å². The van der Waals surface area contributed by atoms with Gasteiger partial charge in [0.25, 0.3) is 0 Å². The molecule has 1 aliphatic carbocycles. The Bertz CT molecular complexity index is 436. The van der Waals surface area contributed by atoms with Crippen LogP contribution in [-0.4, -0.2) is 16.6 Å². The maximum absolute atomic E-state index is 11.7. The maximum Gasteiger partial charge on any atom is 0.203 e. The molecule has 0 spiro atoms. The second-order valence-corrected chi connectivity index (χ2v) is 4.29. The van der Waals surface area contributed by atoms with Crippen LogP contribution in [-0.2, 0) is 0 Å². The van der Waals surface area contributed by atoms with Crippen molar-refractivity contribution in [2.24, 2.45) is 0 Å². The van der Waals surface area contributed by atoms with Gasteiger partial charge in [0.05, 0.1) is 14.5 Å². The Balaban J connectivity index is 2.73. The van der Waals surface area contributed by atoms with E-state index in [1.165, 1.54) is 18.5 Å². The minimum absolute atomic E-state index is 0.200. The molecule has 0 saturated heterocycles. The molecule has 1 heterocycles. The summed E-state index contributed by atoms with van der Waals surface area (Å²) in [6.45, 7) is 0. The molecule has 0 saturated carbocycles. The van der Waals surface area contributed by atoms with Gasteiger partial charge in [-0.3, -0.25) is 14.6 Å². The van der Waals surface area contributed by atoms with Crippen molar-refractivity contribution in [1.29, 1.82) is 0 Å². The second-order valence-electron chi connectivity index (χ2n) is 2.71. The van der Waals surface area contributed by atoms with Crippen molar-refractivity contribution in [1.82, 2.24) is 4.98 Å². The van der Waals surface area contributed by atoms with Crippen molar-refractivity contribution in [2.75, 3.05) is 0 Å². The monoisotopic (exact) mass is 315 g/mol. The van der Waals surface area contributed by atoms with Crippen molar-refractivity contribution in [3.05, 3.63) is 38.6 Å². The molecule has 0 bridgehead atoms. The number of pyridine rings is 1. The standard InChI is InChI=1S/C9H3Br2NO2/c10-6-7(11)9(14)5-3-12-2-1-4(5)8(6)13/h1-3H. The molecule has 3 nitrogen and oxygen atoms in total. The summed E-state index contributed by atoms with van der Waals surface area (Å²) < 4.78 is 0.518. The zero-order valence-corrected chi connectivity index (χ0v) is 9.92. The molecule has 1 aromatic heterocycles. The van der Waals surface area contributed by atoms with Gasteiger partial charge >= 0.3 is 0 Å². The number of fused-ring (bicyclic) bond motifs is 1. The quantitative estimate of drug-likeness (QED) is 0.738. The number of carbonyl (C=O) groups excluding carboxylic acids is 2. The van der Waals surface area contributed by atoms with Gasteiger partial charge in [-0.1, -0.05) is 0 Å². The first-order valence-electron chi connectivity index (χ1n) is 3.71. The van der Waals surface area contributed by atoms with E-state index in [0.717, 1.165) is 0 Å². The maximum atomic E-state index is 11.7. The van der Waals surface area contributed by atoms with E-state index in [0.29, 0.717) is 11.1 Å².